The van der Waals surface area contributed by atoms with Crippen molar-refractivity contribution in [2.24, 2.45) is 7.05 Å². The van der Waals surface area contributed by atoms with E-state index in [9.17, 15) is 5.11 Å². The number of halogens is 1. The van der Waals surface area contributed by atoms with Crippen LogP contribution in [0.1, 0.15) is 18.6 Å². The lowest BCUT2D eigenvalue weighted by atomic mass is 10.1. The number of benzene rings is 1. The minimum Gasteiger partial charge on any atom is -0.389 e. The number of aliphatic hydroxyl groups excluding tert-OH is 1. The molecule has 1 unspecified atom stereocenters. The molecule has 1 aromatic heterocycles. The van der Waals surface area contributed by atoms with Gasteiger partial charge in [0.2, 0.25) is 0 Å². The summed E-state index contributed by atoms with van der Waals surface area (Å²) in [6.07, 6.45) is 3.25. The van der Waals surface area contributed by atoms with E-state index < -0.39 is 6.10 Å². The van der Waals surface area contributed by atoms with E-state index in [0.29, 0.717) is 0 Å². The first-order valence-electron chi connectivity index (χ1n) is 5.20. The number of rotatable bonds is 3. The third-order valence-electron chi connectivity index (χ3n) is 2.42. The fourth-order valence-electron chi connectivity index (χ4n) is 1.41. The molecule has 0 fully saturated rings. The summed E-state index contributed by atoms with van der Waals surface area (Å²) in [6, 6.07) is 5.86. The van der Waals surface area contributed by atoms with Gasteiger partial charge in [-0.2, -0.15) is 0 Å². The Labute approximate surface area is 113 Å². The smallest absolute Gasteiger partial charge is 0.172 e. The van der Waals surface area contributed by atoms with Gasteiger partial charge in [0.15, 0.2) is 5.16 Å². The molecule has 0 aliphatic carbocycles. The second-order valence-corrected chi connectivity index (χ2v) is 5.65. The van der Waals surface area contributed by atoms with Crippen LogP contribution in [0.4, 0.5) is 0 Å². The van der Waals surface area contributed by atoms with Crippen molar-refractivity contribution in [3.05, 3.63) is 40.6 Å². The van der Waals surface area contributed by atoms with E-state index in [1.54, 1.807) is 24.9 Å². The lowest BCUT2D eigenvalue weighted by molar-refractivity contribution is 0.199. The van der Waals surface area contributed by atoms with Crippen LogP contribution in [0.15, 0.2) is 45.1 Å². The first kappa shape index (κ1) is 12.7. The predicted octanol–water partition coefficient (Wildman–Crippen LogP) is 3.39. The number of imidazole rings is 1. The van der Waals surface area contributed by atoms with Crippen molar-refractivity contribution in [3.63, 3.8) is 0 Å². The van der Waals surface area contributed by atoms with Gasteiger partial charge in [0.05, 0.1) is 6.10 Å². The summed E-state index contributed by atoms with van der Waals surface area (Å²) in [7, 11) is 1.97. The molecule has 0 spiro atoms. The lowest BCUT2D eigenvalue weighted by Gasteiger charge is -2.08. The third kappa shape index (κ3) is 2.91. The molecule has 2 aromatic rings. The molecule has 0 aliphatic rings. The number of hydrogen-bond acceptors (Lipinski definition) is 3. The Morgan fingerprint density at radius 1 is 1.47 bits per heavy atom. The minimum atomic E-state index is -0.446. The molecule has 17 heavy (non-hydrogen) atoms. The Kier molecular flexibility index (Phi) is 3.91. The minimum absolute atomic E-state index is 0.446. The molecule has 2 rings (SSSR count). The number of hydrogen-bond donors (Lipinski definition) is 1. The topological polar surface area (TPSA) is 38.1 Å². The van der Waals surface area contributed by atoms with Crippen LogP contribution >= 0.6 is 27.7 Å². The van der Waals surface area contributed by atoms with Crippen molar-refractivity contribution >= 4 is 27.7 Å². The molecular formula is C12H13BrN2OS. The Morgan fingerprint density at radius 2 is 2.24 bits per heavy atom. The number of nitrogens with zero attached hydrogens (tertiary/aromatic N) is 2. The van der Waals surface area contributed by atoms with E-state index in [0.717, 1.165) is 20.1 Å². The monoisotopic (exact) mass is 312 g/mol. The molecular weight excluding hydrogens is 300 g/mol. The average Bonchev–Trinajstić information content (AvgIpc) is 2.67. The molecule has 1 N–H and O–H groups in total. The van der Waals surface area contributed by atoms with Crippen molar-refractivity contribution in [2.75, 3.05) is 0 Å². The Morgan fingerprint density at radius 3 is 2.76 bits per heavy atom. The number of aryl methyl sites for hydroxylation is 1. The van der Waals surface area contributed by atoms with Crippen molar-refractivity contribution in [1.82, 2.24) is 9.55 Å². The van der Waals surface area contributed by atoms with Gasteiger partial charge in [0.25, 0.3) is 0 Å². The Balaban J connectivity index is 2.26. The summed E-state index contributed by atoms with van der Waals surface area (Å²) in [5.74, 6) is 0. The summed E-state index contributed by atoms with van der Waals surface area (Å²) in [6.45, 7) is 1.76. The van der Waals surface area contributed by atoms with Crippen molar-refractivity contribution in [3.8, 4) is 0 Å². The first-order valence-corrected chi connectivity index (χ1v) is 6.81. The zero-order chi connectivity index (χ0) is 12.4. The lowest BCUT2D eigenvalue weighted by Crippen LogP contribution is -1.92. The van der Waals surface area contributed by atoms with Crippen LogP contribution in [0.3, 0.4) is 0 Å². The SMILES string of the molecule is CC(O)c1ccc(Sc2nccn2C)c(Br)c1. The molecule has 0 bridgehead atoms. The highest BCUT2D eigenvalue weighted by Gasteiger charge is 2.08. The maximum absolute atomic E-state index is 9.50. The van der Waals surface area contributed by atoms with Gasteiger partial charge < -0.3 is 9.67 Å². The van der Waals surface area contributed by atoms with Gasteiger partial charge in [0.1, 0.15) is 0 Å². The highest BCUT2D eigenvalue weighted by atomic mass is 79.9. The normalized spacial score (nSPS) is 12.7. The van der Waals surface area contributed by atoms with E-state index in [1.165, 1.54) is 0 Å². The molecule has 0 aliphatic heterocycles. The zero-order valence-electron chi connectivity index (χ0n) is 9.59. The quantitative estimate of drug-likeness (QED) is 0.944. The highest BCUT2D eigenvalue weighted by molar-refractivity contribution is 9.10. The van der Waals surface area contributed by atoms with Crippen LogP contribution in [0, 0.1) is 0 Å². The largest absolute Gasteiger partial charge is 0.389 e. The Bertz CT molecular complexity index is 525. The van der Waals surface area contributed by atoms with E-state index in [2.05, 4.69) is 20.9 Å². The van der Waals surface area contributed by atoms with Gasteiger partial charge in [-0.25, -0.2) is 4.98 Å². The van der Waals surface area contributed by atoms with E-state index in [-0.39, 0.29) is 0 Å². The summed E-state index contributed by atoms with van der Waals surface area (Å²) in [5.41, 5.74) is 0.904. The van der Waals surface area contributed by atoms with Gasteiger partial charge in [0, 0.05) is 28.8 Å². The molecule has 90 valence electrons. The number of aromatic nitrogens is 2. The van der Waals surface area contributed by atoms with Gasteiger partial charge >= 0.3 is 0 Å². The van der Waals surface area contributed by atoms with E-state index in [4.69, 9.17) is 0 Å². The molecule has 1 heterocycles. The Hall–Kier alpha value is -0.780. The van der Waals surface area contributed by atoms with Crippen LogP contribution < -0.4 is 0 Å². The van der Waals surface area contributed by atoms with Crippen LogP contribution in [0.25, 0.3) is 0 Å². The fourth-order valence-corrected chi connectivity index (χ4v) is 2.86. The summed E-state index contributed by atoms with van der Waals surface area (Å²) < 4.78 is 2.95. The maximum atomic E-state index is 9.50. The summed E-state index contributed by atoms with van der Waals surface area (Å²) in [5, 5.41) is 10.4. The zero-order valence-corrected chi connectivity index (χ0v) is 12.0. The van der Waals surface area contributed by atoms with Gasteiger partial charge in [-0.1, -0.05) is 17.8 Å². The molecule has 0 radical (unpaired) electrons. The van der Waals surface area contributed by atoms with Crippen molar-refractivity contribution in [1.29, 1.82) is 0 Å². The average molecular weight is 313 g/mol. The van der Waals surface area contributed by atoms with Gasteiger partial charge in [-0.15, -0.1) is 0 Å². The molecule has 1 atom stereocenters. The van der Waals surface area contributed by atoms with Crippen molar-refractivity contribution in [2.45, 2.75) is 23.1 Å². The van der Waals surface area contributed by atoms with E-state index >= 15 is 0 Å². The second kappa shape index (κ2) is 5.25. The molecule has 0 amide bonds. The molecule has 3 nitrogen and oxygen atoms in total. The van der Waals surface area contributed by atoms with Crippen LogP contribution in [0.5, 0.6) is 0 Å². The predicted molar refractivity (Wildman–Crippen MR) is 72.1 cm³/mol. The molecule has 0 saturated carbocycles. The van der Waals surface area contributed by atoms with E-state index in [1.807, 2.05) is 36.0 Å². The fraction of sp³-hybridized carbons (Fsp3) is 0.250. The number of aliphatic hydroxyl groups is 1. The highest BCUT2D eigenvalue weighted by Crippen LogP contribution is 2.33. The third-order valence-corrected chi connectivity index (χ3v) is 4.49. The molecule has 0 saturated heterocycles. The second-order valence-electron chi connectivity index (χ2n) is 3.79. The molecule has 5 heteroatoms. The standard InChI is InChI=1S/C12H13BrN2OS/c1-8(16)9-3-4-11(10(13)7-9)17-12-14-5-6-15(12)2/h3-8,16H,1-2H3. The van der Waals surface area contributed by atoms with Gasteiger partial charge in [-0.3, -0.25) is 0 Å². The first-order chi connectivity index (χ1) is 8.08. The van der Waals surface area contributed by atoms with Crippen LogP contribution in [-0.2, 0) is 7.05 Å². The van der Waals surface area contributed by atoms with Gasteiger partial charge in [-0.05, 0) is 40.5 Å². The van der Waals surface area contributed by atoms with Crippen molar-refractivity contribution < 1.29 is 5.11 Å². The van der Waals surface area contributed by atoms with Crippen LogP contribution in [-0.4, -0.2) is 14.7 Å². The summed E-state index contributed by atoms with van der Waals surface area (Å²) >= 11 is 5.11. The maximum Gasteiger partial charge on any atom is 0.172 e. The summed E-state index contributed by atoms with van der Waals surface area (Å²) in [4.78, 5) is 5.35. The molecule has 1 aromatic carbocycles. The van der Waals surface area contributed by atoms with Crippen LogP contribution in [0.2, 0.25) is 0 Å².